The van der Waals surface area contributed by atoms with Crippen LogP contribution in [0.25, 0.3) is 5.69 Å². The van der Waals surface area contributed by atoms with Crippen molar-refractivity contribution in [2.75, 3.05) is 10.6 Å². The molecule has 2 aliphatic rings. The average molecular weight is 348 g/mol. The van der Waals surface area contributed by atoms with E-state index in [-0.39, 0.29) is 24.1 Å². The van der Waals surface area contributed by atoms with Crippen LogP contribution < -0.4 is 10.6 Å². The Labute approximate surface area is 147 Å². The molecule has 0 radical (unpaired) electrons. The minimum Gasteiger partial charge on any atom is -0.325 e. The number of hydrogen-bond donors (Lipinski definition) is 2. The van der Waals surface area contributed by atoms with Crippen molar-refractivity contribution in [3.05, 3.63) is 71.7 Å². The highest BCUT2D eigenvalue weighted by Crippen LogP contribution is 2.49. The van der Waals surface area contributed by atoms with Crippen LogP contribution in [0.5, 0.6) is 0 Å². The number of hydrogen-bond acceptors (Lipinski definition) is 3. The van der Waals surface area contributed by atoms with Crippen molar-refractivity contribution in [1.29, 1.82) is 0 Å². The van der Waals surface area contributed by atoms with E-state index in [2.05, 4.69) is 15.7 Å². The molecule has 6 nitrogen and oxygen atoms in total. The number of anilines is 2. The summed E-state index contributed by atoms with van der Waals surface area (Å²) < 4.78 is 14.7. The van der Waals surface area contributed by atoms with Crippen molar-refractivity contribution in [3.8, 4) is 5.69 Å². The summed E-state index contributed by atoms with van der Waals surface area (Å²) in [6.07, 6.45) is 1.61. The molecule has 5 rings (SSSR count). The Balaban J connectivity index is 1.75. The number of nitrogens with one attached hydrogen (secondary N) is 2. The molecule has 0 aliphatic carbocycles. The molecule has 2 aromatic carbocycles. The topological polar surface area (TPSA) is 76.0 Å². The van der Waals surface area contributed by atoms with Gasteiger partial charge in [-0.3, -0.25) is 9.59 Å². The van der Waals surface area contributed by atoms with Crippen LogP contribution in [-0.2, 0) is 15.0 Å². The maximum absolute atomic E-state index is 13.2. The third-order valence-corrected chi connectivity index (χ3v) is 5.01. The van der Waals surface area contributed by atoms with E-state index in [0.717, 1.165) is 5.56 Å². The van der Waals surface area contributed by atoms with E-state index in [1.807, 2.05) is 24.3 Å². The van der Waals surface area contributed by atoms with Crippen molar-refractivity contribution in [3.63, 3.8) is 0 Å². The molecule has 2 N–H and O–H groups in total. The standard InChI is InChI=1S/C19H13FN4O2/c20-11-5-7-12(8-6-11)24-17-14(10-21-24)19(9-16(25)23-17)13-3-1-2-4-15(13)22-18(19)26/h1-8,10H,9H2,(H,22,26)(H,23,25)/t19-/m0/s1. The number of rotatable bonds is 1. The lowest BCUT2D eigenvalue weighted by Gasteiger charge is -2.31. The number of nitrogens with zero attached hydrogens (tertiary/aromatic N) is 2. The van der Waals surface area contributed by atoms with Gasteiger partial charge in [-0.25, -0.2) is 9.07 Å². The predicted octanol–water partition coefficient (Wildman–Crippen LogP) is 2.59. The quantitative estimate of drug-likeness (QED) is 0.710. The van der Waals surface area contributed by atoms with Gasteiger partial charge in [0.15, 0.2) is 0 Å². The lowest BCUT2D eigenvalue weighted by molar-refractivity contribution is -0.125. The molecule has 3 heterocycles. The van der Waals surface area contributed by atoms with Crippen molar-refractivity contribution >= 4 is 23.3 Å². The van der Waals surface area contributed by atoms with Gasteiger partial charge in [0.1, 0.15) is 17.1 Å². The molecule has 0 saturated heterocycles. The smallest absolute Gasteiger partial charge is 0.240 e. The highest BCUT2D eigenvalue weighted by Gasteiger charge is 2.54. The normalized spacial score (nSPS) is 20.5. The number of para-hydroxylation sites is 1. The fourth-order valence-electron chi connectivity index (χ4n) is 3.83. The number of carbonyl (C=O) groups excluding carboxylic acids is 2. The van der Waals surface area contributed by atoms with Gasteiger partial charge in [-0.15, -0.1) is 0 Å². The van der Waals surface area contributed by atoms with Gasteiger partial charge in [0, 0.05) is 17.7 Å². The van der Waals surface area contributed by atoms with E-state index >= 15 is 0 Å². The molecule has 0 unspecified atom stereocenters. The van der Waals surface area contributed by atoms with Gasteiger partial charge in [-0.05, 0) is 35.9 Å². The fraction of sp³-hybridized carbons (Fsp3) is 0.105. The van der Waals surface area contributed by atoms with Crippen molar-refractivity contribution < 1.29 is 14.0 Å². The van der Waals surface area contributed by atoms with Gasteiger partial charge < -0.3 is 10.6 Å². The molecular formula is C19H13FN4O2. The largest absolute Gasteiger partial charge is 0.325 e. The zero-order chi connectivity index (χ0) is 17.9. The van der Waals surface area contributed by atoms with Crippen LogP contribution in [0.15, 0.2) is 54.7 Å². The zero-order valence-electron chi connectivity index (χ0n) is 13.5. The summed E-state index contributed by atoms with van der Waals surface area (Å²) in [7, 11) is 0. The minimum absolute atomic E-state index is 0.0119. The summed E-state index contributed by atoms with van der Waals surface area (Å²) in [6, 6.07) is 13.1. The van der Waals surface area contributed by atoms with E-state index in [1.165, 1.54) is 16.8 Å². The molecule has 0 fully saturated rings. The molecule has 128 valence electrons. The van der Waals surface area contributed by atoms with Crippen molar-refractivity contribution in [2.45, 2.75) is 11.8 Å². The Kier molecular flexibility index (Phi) is 2.86. The Morgan fingerprint density at radius 2 is 1.77 bits per heavy atom. The molecule has 0 bridgehead atoms. The fourth-order valence-corrected chi connectivity index (χ4v) is 3.83. The van der Waals surface area contributed by atoms with Crippen molar-refractivity contribution in [1.82, 2.24) is 9.78 Å². The van der Waals surface area contributed by atoms with Crippen LogP contribution >= 0.6 is 0 Å². The summed E-state index contributed by atoms with van der Waals surface area (Å²) in [4.78, 5) is 25.4. The van der Waals surface area contributed by atoms with Gasteiger partial charge in [-0.2, -0.15) is 5.10 Å². The monoisotopic (exact) mass is 348 g/mol. The number of amides is 2. The summed E-state index contributed by atoms with van der Waals surface area (Å²) in [5.74, 6) is -0.444. The van der Waals surface area contributed by atoms with E-state index in [4.69, 9.17) is 0 Å². The van der Waals surface area contributed by atoms with Gasteiger partial charge in [-0.1, -0.05) is 18.2 Å². The van der Waals surface area contributed by atoms with Gasteiger partial charge in [0.05, 0.1) is 11.9 Å². The molecule has 0 saturated carbocycles. The molecule has 26 heavy (non-hydrogen) atoms. The Morgan fingerprint density at radius 3 is 2.58 bits per heavy atom. The van der Waals surface area contributed by atoms with Crippen LogP contribution in [0.2, 0.25) is 0 Å². The third-order valence-electron chi connectivity index (χ3n) is 5.01. The lowest BCUT2D eigenvalue weighted by Crippen LogP contribution is -2.43. The van der Waals surface area contributed by atoms with Crippen LogP contribution in [0.4, 0.5) is 15.9 Å². The molecule has 1 atom stereocenters. The maximum atomic E-state index is 13.2. The second-order valence-electron chi connectivity index (χ2n) is 6.43. The van der Waals surface area contributed by atoms with Gasteiger partial charge in [0.2, 0.25) is 11.8 Å². The first-order valence-corrected chi connectivity index (χ1v) is 8.15. The molecule has 1 aromatic heterocycles. The molecule has 2 amide bonds. The predicted molar refractivity (Wildman–Crippen MR) is 92.6 cm³/mol. The van der Waals surface area contributed by atoms with Crippen LogP contribution in [0.3, 0.4) is 0 Å². The number of aromatic nitrogens is 2. The van der Waals surface area contributed by atoms with E-state index in [9.17, 15) is 14.0 Å². The number of halogens is 1. The van der Waals surface area contributed by atoms with E-state index in [0.29, 0.717) is 22.8 Å². The van der Waals surface area contributed by atoms with Gasteiger partial charge in [0.25, 0.3) is 0 Å². The SMILES string of the molecule is O=C1C[C@@]2(C(=O)Nc3ccccc32)c2cnn(-c3ccc(F)cc3)c2N1. The average Bonchev–Trinajstić information content (AvgIpc) is 3.16. The van der Waals surface area contributed by atoms with E-state index < -0.39 is 5.41 Å². The number of carbonyl (C=O) groups is 2. The molecule has 2 aliphatic heterocycles. The lowest BCUT2D eigenvalue weighted by atomic mass is 9.72. The molecular weight excluding hydrogens is 335 g/mol. The maximum Gasteiger partial charge on any atom is 0.240 e. The summed E-state index contributed by atoms with van der Waals surface area (Å²) in [5, 5.41) is 10.0. The van der Waals surface area contributed by atoms with Crippen LogP contribution in [-0.4, -0.2) is 21.6 Å². The number of fused-ring (bicyclic) bond motifs is 4. The first-order chi connectivity index (χ1) is 12.6. The van der Waals surface area contributed by atoms with E-state index in [1.54, 1.807) is 18.3 Å². The van der Waals surface area contributed by atoms with Crippen molar-refractivity contribution in [2.24, 2.45) is 0 Å². The Morgan fingerprint density at radius 1 is 1.00 bits per heavy atom. The summed E-state index contributed by atoms with van der Waals surface area (Å²) in [5.41, 5.74) is 1.58. The molecule has 3 aromatic rings. The molecule has 1 spiro atoms. The second-order valence-corrected chi connectivity index (χ2v) is 6.43. The zero-order valence-corrected chi connectivity index (χ0v) is 13.5. The first-order valence-electron chi connectivity index (χ1n) is 8.15. The van der Waals surface area contributed by atoms with Crippen LogP contribution in [0, 0.1) is 5.82 Å². The summed E-state index contributed by atoms with van der Waals surface area (Å²) in [6.45, 7) is 0. The highest BCUT2D eigenvalue weighted by atomic mass is 19.1. The Bertz CT molecular complexity index is 1070. The summed E-state index contributed by atoms with van der Waals surface area (Å²) >= 11 is 0. The van der Waals surface area contributed by atoms with Crippen LogP contribution in [0.1, 0.15) is 17.5 Å². The van der Waals surface area contributed by atoms with Gasteiger partial charge >= 0.3 is 0 Å². The first kappa shape index (κ1) is 14.8. The minimum atomic E-state index is -1.10. The highest BCUT2D eigenvalue weighted by molar-refractivity contribution is 6.14. The molecule has 7 heteroatoms. The Hall–Kier alpha value is -3.48. The third kappa shape index (κ3) is 1.82. The second kappa shape index (κ2) is 5.01. The number of benzene rings is 2.